The lowest BCUT2D eigenvalue weighted by Crippen LogP contribution is -2.35. The van der Waals surface area contributed by atoms with E-state index in [0.717, 1.165) is 35.6 Å². The fourth-order valence-electron chi connectivity index (χ4n) is 2.05. The summed E-state index contributed by atoms with van der Waals surface area (Å²) in [4.78, 5) is 0. The molecular weight excluding hydrogens is 242 g/mol. The molecule has 4 nitrogen and oxygen atoms in total. The third-order valence-electron chi connectivity index (χ3n) is 2.99. The molecule has 0 aliphatic heterocycles. The van der Waals surface area contributed by atoms with Gasteiger partial charge >= 0.3 is 0 Å². The smallest absolute Gasteiger partial charge is 0.128 e. The first-order valence-electron chi connectivity index (χ1n) is 6.52. The predicted molar refractivity (Wildman–Crippen MR) is 77.2 cm³/mol. The highest BCUT2D eigenvalue weighted by atomic mass is 16.5. The van der Waals surface area contributed by atoms with E-state index in [1.807, 2.05) is 19.1 Å². The highest BCUT2D eigenvalue weighted by Gasteiger charge is 2.13. The van der Waals surface area contributed by atoms with Crippen molar-refractivity contribution in [3.05, 3.63) is 23.3 Å². The number of benzene rings is 1. The Morgan fingerprint density at radius 3 is 2.42 bits per heavy atom. The van der Waals surface area contributed by atoms with Gasteiger partial charge in [0.05, 0.1) is 19.8 Å². The van der Waals surface area contributed by atoms with Gasteiger partial charge in [-0.25, -0.2) is 0 Å². The third-order valence-corrected chi connectivity index (χ3v) is 2.99. The molecule has 0 amide bonds. The van der Waals surface area contributed by atoms with Gasteiger partial charge in [0.1, 0.15) is 11.5 Å². The van der Waals surface area contributed by atoms with Crippen LogP contribution in [0.5, 0.6) is 11.5 Å². The van der Waals surface area contributed by atoms with E-state index < -0.39 is 5.60 Å². The lowest BCUT2D eigenvalue weighted by atomic mass is 10.1. The normalized spacial score (nSPS) is 11.5. The van der Waals surface area contributed by atoms with Crippen LogP contribution >= 0.6 is 0 Å². The van der Waals surface area contributed by atoms with Gasteiger partial charge in [0, 0.05) is 12.1 Å². The van der Waals surface area contributed by atoms with Crippen LogP contribution in [0.2, 0.25) is 0 Å². The Morgan fingerprint density at radius 2 is 1.89 bits per heavy atom. The summed E-state index contributed by atoms with van der Waals surface area (Å²) < 4.78 is 10.7. The van der Waals surface area contributed by atoms with E-state index in [-0.39, 0.29) is 0 Å². The Morgan fingerprint density at radius 1 is 1.21 bits per heavy atom. The predicted octanol–water partition coefficient (Wildman–Crippen LogP) is 1.92. The van der Waals surface area contributed by atoms with Gasteiger partial charge in [-0.05, 0) is 45.4 Å². The molecule has 1 aromatic carbocycles. The molecule has 0 atom stereocenters. The molecule has 1 rings (SSSR count). The van der Waals surface area contributed by atoms with Crippen molar-refractivity contribution >= 4 is 0 Å². The minimum absolute atomic E-state index is 0.574. The topological polar surface area (TPSA) is 50.7 Å². The molecule has 0 heterocycles. The Labute approximate surface area is 115 Å². The van der Waals surface area contributed by atoms with Crippen molar-refractivity contribution in [1.29, 1.82) is 0 Å². The summed E-state index contributed by atoms with van der Waals surface area (Å²) in [6, 6.07) is 3.99. The molecular formula is C15H25NO3. The monoisotopic (exact) mass is 267 g/mol. The molecule has 108 valence electrons. The second-order valence-electron chi connectivity index (χ2n) is 5.32. The molecule has 0 bridgehead atoms. The first kappa shape index (κ1) is 15.8. The summed E-state index contributed by atoms with van der Waals surface area (Å²) in [6.45, 7) is 6.94. The number of aliphatic hydroxyl groups is 1. The summed E-state index contributed by atoms with van der Waals surface area (Å²) in [7, 11) is 3.34. The SMILES string of the molecule is COc1ccc(CCNCC(C)(C)O)c(OC)c1C. The summed E-state index contributed by atoms with van der Waals surface area (Å²) in [6.07, 6.45) is 0.851. The van der Waals surface area contributed by atoms with Gasteiger partial charge in [-0.1, -0.05) is 6.07 Å². The van der Waals surface area contributed by atoms with Crippen molar-refractivity contribution in [1.82, 2.24) is 5.32 Å². The lowest BCUT2D eigenvalue weighted by molar-refractivity contribution is 0.0801. The molecule has 0 saturated heterocycles. The number of methoxy groups -OCH3 is 2. The number of hydrogen-bond acceptors (Lipinski definition) is 4. The highest BCUT2D eigenvalue weighted by Crippen LogP contribution is 2.31. The van der Waals surface area contributed by atoms with E-state index in [4.69, 9.17) is 9.47 Å². The van der Waals surface area contributed by atoms with Crippen LogP contribution in [0.4, 0.5) is 0 Å². The second kappa shape index (κ2) is 6.78. The van der Waals surface area contributed by atoms with E-state index in [1.54, 1.807) is 28.1 Å². The van der Waals surface area contributed by atoms with E-state index >= 15 is 0 Å². The van der Waals surface area contributed by atoms with Crippen molar-refractivity contribution < 1.29 is 14.6 Å². The maximum atomic E-state index is 9.62. The van der Waals surface area contributed by atoms with Crippen molar-refractivity contribution in [3.63, 3.8) is 0 Å². The Kier molecular flexibility index (Phi) is 5.63. The van der Waals surface area contributed by atoms with Gasteiger partial charge < -0.3 is 19.9 Å². The van der Waals surface area contributed by atoms with E-state index in [2.05, 4.69) is 5.32 Å². The molecule has 0 unspecified atom stereocenters. The van der Waals surface area contributed by atoms with Crippen LogP contribution in [0.15, 0.2) is 12.1 Å². The van der Waals surface area contributed by atoms with Gasteiger partial charge in [0.25, 0.3) is 0 Å². The molecule has 4 heteroatoms. The summed E-state index contributed by atoms with van der Waals surface area (Å²) in [5, 5.41) is 12.9. The number of hydrogen-bond donors (Lipinski definition) is 2. The van der Waals surface area contributed by atoms with Crippen molar-refractivity contribution in [2.75, 3.05) is 27.3 Å². The molecule has 2 N–H and O–H groups in total. The van der Waals surface area contributed by atoms with Gasteiger partial charge in [-0.3, -0.25) is 0 Å². The standard InChI is InChI=1S/C15H25NO3/c1-11-13(18-4)7-6-12(14(11)19-5)8-9-16-10-15(2,3)17/h6-7,16-17H,8-10H2,1-5H3. The fourth-order valence-corrected chi connectivity index (χ4v) is 2.05. The minimum Gasteiger partial charge on any atom is -0.496 e. The van der Waals surface area contributed by atoms with Crippen LogP contribution in [0.3, 0.4) is 0 Å². The molecule has 0 aliphatic rings. The maximum Gasteiger partial charge on any atom is 0.128 e. The van der Waals surface area contributed by atoms with Crippen molar-refractivity contribution in [3.8, 4) is 11.5 Å². The first-order valence-corrected chi connectivity index (χ1v) is 6.52. The van der Waals surface area contributed by atoms with Gasteiger partial charge in [-0.2, -0.15) is 0 Å². The molecule has 0 saturated carbocycles. The summed E-state index contributed by atoms with van der Waals surface area (Å²) in [5.74, 6) is 1.72. The largest absolute Gasteiger partial charge is 0.496 e. The first-order chi connectivity index (χ1) is 8.89. The van der Waals surface area contributed by atoms with E-state index in [1.165, 1.54) is 0 Å². The lowest BCUT2D eigenvalue weighted by Gasteiger charge is -2.18. The Hall–Kier alpha value is -1.26. The summed E-state index contributed by atoms with van der Waals surface area (Å²) >= 11 is 0. The van der Waals surface area contributed by atoms with Crippen LogP contribution in [0, 0.1) is 6.92 Å². The minimum atomic E-state index is -0.681. The second-order valence-corrected chi connectivity index (χ2v) is 5.32. The molecule has 0 fully saturated rings. The van der Waals surface area contributed by atoms with Crippen LogP contribution in [-0.4, -0.2) is 38.0 Å². The zero-order valence-corrected chi connectivity index (χ0v) is 12.5. The van der Waals surface area contributed by atoms with Crippen molar-refractivity contribution in [2.45, 2.75) is 32.8 Å². The fraction of sp³-hybridized carbons (Fsp3) is 0.600. The van der Waals surface area contributed by atoms with Crippen LogP contribution in [-0.2, 0) is 6.42 Å². The number of ether oxygens (including phenoxy) is 2. The van der Waals surface area contributed by atoms with E-state index in [9.17, 15) is 5.11 Å². The van der Waals surface area contributed by atoms with Crippen LogP contribution in [0.25, 0.3) is 0 Å². The van der Waals surface area contributed by atoms with Crippen molar-refractivity contribution in [2.24, 2.45) is 0 Å². The molecule has 1 aromatic rings. The zero-order chi connectivity index (χ0) is 14.5. The maximum absolute atomic E-state index is 9.62. The number of nitrogens with one attached hydrogen (secondary N) is 1. The average Bonchev–Trinajstić information content (AvgIpc) is 2.33. The molecule has 0 aliphatic carbocycles. The molecule has 0 spiro atoms. The van der Waals surface area contributed by atoms with E-state index in [0.29, 0.717) is 6.54 Å². The quantitative estimate of drug-likeness (QED) is 0.741. The van der Waals surface area contributed by atoms with Crippen LogP contribution in [0.1, 0.15) is 25.0 Å². The molecule has 19 heavy (non-hydrogen) atoms. The van der Waals surface area contributed by atoms with Gasteiger partial charge in [-0.15, -0.1) is 0 Å². The Bertz CT molecular complexity index is 411. The Balaban J connectivity index is 2.66. The third kappa shape index (κ3) is 4.73. The van der Waals surface area contributed by atoms with Gasteiger partial charge in [0.15, 0.2) is 0 Å². The average molecular weight is 267 g/mol. The molecule has 0 aromatic heterocycles. The zero-order valence-electron chi connectivity index (χ0n) is 12.5. The highest BCUT2D eigenvalue weighted by molar-refractivity contribution is 5.49. The summed E-state index contributed by atoms with van der Waals surface area (Å²) in [5.41, 5.74) is 1.48. The molecule has 0 radical (unpaired) electrons. The number of rotatable bonds is 7. The van der Waals surface area contributed by atoms with Crippen LogP contribution < -0.4 is 14.8 Å². The van der Waals surface area contributed by atoms with Gasteiger partial charge in [0.2, 0.25) is 0 Å².